The average Bonchev–Trinajstić information content (AvgIpc) is 2.65. The van der Waals surface area contributed by atoms with Crippen molar-refractivity contribution in [1.82, 2.24) is 5.32 Å². The molecule has 1 fully saturated rings. The fourth-order valence-electron chi connectivity index (χ4n) is 2.28. The highest BCUT2D eigenvalue weighted by Crippen LogP contribution is 2.25. The Bertz CT molecular complexity index is 470. The van der Waals surface area contributed by atoms with E-state index in [0.717, 1.165) is 24.6 Å². The summed E-state index contributed by atoms with van der Waals surface area (Å²) in [7, 11) is 0. The van der Waals surface area contributed by atoms with Gasteiger partial charge in [0.1, 0.15) is 5.58 Å². The van der Waals surface area contributed by atoms with Crippen molar-refractivity contribution < 1.29 is 4.42 Å². The normalized spacial score (nSPS) is 16.5. The summed E-state index contributed by atoms with van der Waals surface area (Å²) in [6.07, 6.45) is 6.09. The Morgan fingerprint density at radius 2 is 2.12 bits per heavy atom. The maximum absolute atomic E-state index is 5.51. The van der Waals surface area contributed by atoms with Crippen molar-refractivity contribution in [2.45, 2.75) is 25.8 Å². The summed E-state index contributed by atoms with van der Waals surface area (Å²) < 4.78 is 5.51. The van der Waals surface area contributed by atoms with E-state index in [1.54, 1.807) is 0 Å². The molecule has 1 aromatic carbocycles. The van der Waals surface area contributed by atoms with E-state index in [9.17, 15) is 0 Å². The van der Waals surface area contributed by atoms with Crippen LogP contribution < -0.4 is 5.32 Å². The minimum absolute atomic E-state index is 0.915. The standard InChI is InChI=1S/C14H17NO/c1-2-7-14-13(6-1)12(10-16-14)9-15-8-11-4-3-5-11/h1-2,6-7,10-11,15H,3-5,8-9H2. The van der Waals surface area contributed by atoms with Crippen molar-refractivity contribution in [3.63, 3.8) is 0 Å². The second-order valence-corrected chi connectivity index (χ2v) is 4.68. The van der Waals surface area contributed by atoms with E-state index in [0.29, 0.717) is 0 Å². The van der Waals surface area contributed by atoms with Crippen LogP contribution >= 0.6 is 0 Å². The molecular weight excluding hydrogens is 198 g/mol. The van der Waals surface area contributed by atoms with Crippen LogP contribution in [-0.4, -0.2) is 6.54 Å². The monoisotopic (exact) mass is 215 g/mol. The first-order valence-corrected chi connectivity index (χ1v) is 6.09. The lowest BCUT2D eigenvalue weighted by Gasteiger charge is -2.25. The predicted molar refractivity (Wildman–Crippen MR) is 65.3 cm³/mol. The van der Waals surface area contributed by atoms with Crippen LogP contribution in [0, 0.1) is 5.92 Å². The lowest BCUT2D eigenvalue weighted by Crippen LogP contribution is -2.26. The highest BCUT2D eigenvalue weighted by molar-refractivity contribution is 5.80. The van der Waals surface area contributed by atoms with Crippen LogP contribution in [0.4, 0.5) is 0 Å². The van der Waals surface area contributed by atoms with E-state index >= 15 is 0 Å². The third-order valence-corrected chi connectivity index (χ3v) is 3.53. The number of rotatable bonds is 4. The molecule has 1 aliphatic rings. The van der Waals surface area contributed by atoms with Gasteiger partial charge in [0.2, 0.25) is 0 Å². The zero-order chi connectivity index (χ0) is 10.8. The molecule has 1 saturated carbocycles. The molecule has 0 radical (unpaired) electrons. The van der Waals surface area contributed by atoms with Gasteiger partial charge >= 0.3 is 0 Å². The molecule has 0 amide bonds. The van der Waals surface area contributed by atoms with Crippen LogP contribution in [0.25, 0.3) is 11.0 Å². The van der Waals surface area contributed by atoms with Gasteiger partial charge in [0, 0.05) is 17.5 Å². The van der Waals surface area contributed by atoms with Gasteiger partial charge in [-0.1, -0.05) is 24.6 Å². The summed E-state index contributed by atoms with van der Waals surface area (Å²) in [5.41, 5.74) is 2.26. The SMILES string of the molecule is c1ccc2c(CNCC3CCC3)coc2c1. The maximum atomic E-state index is 5.51. The second-order valence-electron chi connectivity index (χ2n) is 4.68. The summed E-state index contributed by atoms with van der Waals surface area (Å²) in [5.74, 6) is 0.915. The summed E-state index contributed by atoms with van der Waals surface area (Å²) in [4.78, 5) is 0. The van der Waals surface area contributed by atoms with Gasteiger partial charge < -0.3 is 9.73 Å². The molecular formula is C14H17NO. The van der Waals surface area contributed by atoms with E-state index in [2.05, 4.69) is 17.4 Å². The molecule has 0 aliphatic heterocycles. The summed E-state index contributed by atoms with van der Waals surface area (Å²) in [6, 6.07) is 8.22. The number of para-hydroxylation sites is 1. The number of furan rings is 1. The summed E-state index contributed by atoms with van der Waals surface area (Å²) in [6.45, 7) is 2.08. The topological polar surface area (TPSA) is 25.2 Å². The molecule has 16 heavy (non-hydrogen) atoms. The lowest BCUT2D eigenvalue weighted by atomic mass is 9.85. The highest BCUT2D eigenvalue weighted by atomic mass is 16.3. The first-order chi connectivity index (χ1) is 7.93. The van der Waals surface area contributed by atoms with Crippen molar-refractivity contribution in [3.8, 4) is 0 Å². The quantitative estimate of drug-likeness (QED) is 0.846. The van der Waals surface area contributed by atoms with Gasteiger partial charge in [-0.2, -0.15) is 0 Å². The zero-order valence-corrected chi connectivity index (χ0v) is 9.41. The first-order valence-electron chi connectivity index (χ1n) is 6.09. The van der Waals surface area contributed by atoms with Crippen LogP contribution in [0.15, 0.2) is 34.9 Å². The number of nitrogens with one attached hydrogen (secondary N) is 1. The predicted octanol–water partition coefficient (Wildman–Crippen LogP) is 3.32. The minimum atomic E-state index is 0.915. The van der Waals surface area contributed by atoms with Crippen LogP contribution in [0.1, 0.15) is 24.8 Å². The third kappa shape index (κ3) is 1.85. The van der Waals surface area contributed by atoms with Gasteiger partial charge in [-0.25, -0.2) is 0 Å². The molecule has 0 atom stereocenters. The molecule has 1 aromatic heterocycles. The fourth-order valence-corrected chi connectivity index (χ4v) is 2.28. The van der Waals surface area contributed by atoms with Crippen LogP contribution in [0.2, 0.25) is 0 Å². The van der Waals surface area contributed by atoms with E-state index in [-0.39, 0.29) is 0 Å². The Labute approximate surface area is 95.6 Å². The zero-order valence-electron chi connectivity index (χ0n) is 9.41. The van der Waals surface area contributed by atoms with Crippen LogP contribution in [0.5, 0.6) is 0 Å². The molecule has 84 valence electrons. The molecule has 0 unspecified atom stereocenters. The second kappa shape index (κ2) is 4.30. The third-order valence-electron chi connectivity index (χ3n) is 3.53. The van der Waals surface area contributed by atoms with E-state index in [4.69, 9.17) is 4.42 Å². The summed E-state index contributed by atoms with van der Waals surface area (Å²) >= 11 is 0. The fraction of sp³-hybridized carbons (Fsp3) is 0.429. The number of benzene rings is 1. The molecule has 0 spiro atoms. The van der Waals surface area contributed by atoms with Crippen molar-refractivity contribution in [1.29, 1.82) is 0 Å². The Balaban J connectivity index is 1.64. The van der Waals surface area contributed by atoms with E-state index in [1.165, 1.54) is 30.2 Å². The van der Waals surface area contributed by atoms with E-state index < -0.39 is 0 Å². The first kappa shape index (κ1) is 9.91. The minimum Gasteiger partial charge on any atom is -0.464 e. The summed E-state index contributed by atoms with van der Waals surface area (Å²) in [5, 5.41) is 4.76. The van der Waals surface area contributed by atoms with Crippen molar-refractivity contribution in [2.75, 3.05) is 6.54 Å². The molecule has 3 rings (SSSR count). The Morgan fingerprint density at radius 3 is 2.94 bits per heavy atom. The van der Waals surface area contributed by atoms with Crippen LogP contribution in [-0.2, 0) is 6.54 Å². The van der Waals surface area contributed by atoms with Crippen molar-refractivity contribution >= 4 is 11.0 Å². The van der Waals surface area contributed by atoms with Crippen molar-refractivity contribution in [2.24, 2.45) is 5.92 Å². The highest BCUT2D eigenvalue weighted by Gasteiger charge is 2.16. The molecule has 2 heteroatoms. The smallest absolute Gasteiger partial charge is 0.134 e. The van der Waals surface area contributed by atoms with Gasteiger partial charge in [0.15, 0.2) is 0 Å². The molecule has 2 aromatic rings. The molecule has 0 bridgehead atoms. The van der Waals surface area contributed by atoms with E-state index in [1.807, 2.05) is 18.4 Å². The molecule has 1 heterocycles. The average molecular weight is 215 g/mol. The largest absolute Gasteiger partial charge is 0.464 e. The van der Waals surface area contributed by atoms with Crippen LogP contribution in [0.3, 0.4) is 0 Å². The molecule has 1 aliphatic carbocycles. The lowest BCUT2D eigenvalue weighted by molar-refractivity contribution is 0.301. The number of hydrogen-bond donors (Lipinski definition) is 1. The van der Waals surface area contributed by atoms with Gasteiger partial charge in [-0.3, -0.25) is 0 Å². The number of fused-ring (bicyclic) bond motifs is 1. The number of hydrogen-bond acceptors (Lipinski definition) is 2. The molecule has 0 saturated heterocycles. The maximum Gasteiger partial charge on any atom is 0.134 e. The van der Waals surface area contributed by atoms with Crippen molar-refractivity contribution in [3.05, 3.63) is 36.1 Å². The van der Waals surface area contributed by atoms with Gasteiger partial charge in [0.25, 0.3) is 0 Å². The Kier molecular flexibility index (Phi) is 2.66. The van der Waals surface area contributed by atoms with Gasteiger partial charge in [-0.05, 0) is 31.4 Å². The van der Waals surface area contributed by atoms with Gasteiger partial charge in [-0.15, -0.1) is 0 Å². The Morgan fingerprint density at radius 1 is 1.25 bits per heavy atom. The molecule has 1 N–H and O–H groups in total. The molecule has 2 nitrogen and oxygen atoms in total. The Hall–Kier alpha value is -1.28. The van der Waals surface area contributed by atoms with Gasteiger partial charge in [0.05, 0.1) is 6.26 Å².